The van der Waals surface area contributed by atoms with Crippen LogP contribution < -0.4 is 4.74 Å². The van der Waals surface area contributed by atoms with Gasteiger partial charge in [-0.25, -0.2) is 9.78 Å². The third-order valence-corrected chi connectivity index (χ3v) is 3.12. The van der Waals surface area contributed by atoms with E-state index < -0.39 is 6.10 Å². The van der Waals surface area contributed by atoms with Gasteiger partial charge in [0.25, 0.3) is 0 Å². The summed E-state index contributed by atoms with van der Waals surface area (Å²) in [5, 5.41) is 0. The largest absolute Gasteiger partial charge is 0.496 e. The Morgan fingerprint density at radius 1 is 1.18 bits per heavy atom. The Balaban J connectivity index is 2.41. The van der Waals surface area contributed by atoms with Crippen LogP contribution in [0, 0.1) is 0 Å². The lowest BCUT2D eigenvalue weighted by Gasteiger charge is -2.14. The molecule has 0 fully saturated rings. The Hall–Kier alpha value is -1.92. The van der Waals surface area contributed by atoms with Crippen LogP contribution in [0.1, 0.15) is 31.7 Å². The second-order valence-electron chi connectivity index (χ2n) is 4.74. The first-order valence-corrected chi connectivity index (χ1v) is 7.06. The molecule has 0 spiro atoms. The first kappa shape index (κ1) is 18.1. The van der Waals surface area contributed by atoms with Crippen molar-refractivity contribution in [3.8, 4) is 5.75 Å². The quantitative estimate of drug-likeness (QED) is 0.375. The Kier molecular flexibility index (Phi) is 8.17. The van der Waals surface area contributed by atoms with E-state index in [9.17, 15) is 9.59 Å². The number of hydrogen-bond donors (Lipinski definition) is 0. The molecule has 0 aliphatic heterocycles. The van der Waals surface area contributed by atoms with Crippen molar-refractivity contribution in [1.82, 2.24) is 0 Å². The average molecular weight is 310 g/mol. The standard InChI is InChI=1S/C16H22O6/c1-12(17)14(9-6-10-16(18)20-3)22-21-11-13-7-4-5-8-15(13)19-2/h4-5,7-8,14H,6,9-11H2,1-3H3. The minimum atomic E-state index is -0.695. The maximum absolute atomic E-state index is 11.5. The van der Waals surface area contributed by atoms with Gasteiger partial charge in [0.1, 0.15) is 12.4 Å². The van der Waals surface area contributed by atoms with Crippen LogP contribution in [0.5, 0.6) is 5.75 Å². The highest BCUT2D eigenvalue weighted by atomic mass is 17.2. The number of ketones is 1. The van der Waals surface area contributed by atoms with Gasteiger partial charge in [-0.15, -0.1) is 0 Å². The van der Waals surface area contributed by atoms with Crippen molar-refractivity contribution in [1.29, 1.82) is 0 Å². The summed E-state index contributed by atoms with van der Waals surface area (Å²) in [4.78, 5) is 32.9. The van der Waals surface area contributed by atoms with E-state index in [0.29, 0.717) is 18.6 Å². The molecule has 0 amide bonds. The molecule has 0 bridgehead atoms. The number of esters is 1. The Bertz CT molecular complexity index is 485. The van der Waals surface area contributed by atoms with E-state index in [1.165, 1.54) is 14.0 Å². The van der Waals surface area contributed by atoms with E-state index in [0.717, 1.165) is 5.56 Å². The fourth-order valence-corrected chi connectivity index (χ4v) is 1.85. The maximum Gasteiger partial charge on any atom is 0.305 e. The van der Waals surface area contributed by atoms with Gasteiger partial charge < -0.3 is 9.47 Å². The first-order chi connectivity index (χ1) is 10.6. The number of rotatable bonds is 10. The lowest BCUT2D eigenvalue weighted by Crippen LogP contribution is -2.22. The minimum absolute atomic E-state index is 0.148. The maximum atomic E-state index is 11.5. The van der Waals surface area contributed by atoms with Crippen LogP contribution in [-0.2, 0) is 30.7 Å². The van der Waals surface area contributed by atoms with Gasteiger partial charge in [-0.05, 0) is 25.8 Å². The molecule has 0 N–H and O–H groups in total. The highest BCUT2D eigenvalue weighted by Crippen LogP contribution is 2.18. The monoisotopic (exact) mass is 310 g/mol. The number of hydrogen-bond acceptors (Lipinski definition) is 6. The molecule has 0 aromatic heterocycles. The summed E-state index contributed by atoms with van der Waals surface area (Å²) in [6.07, 6.45) is 0.445. The third kappa shape index (κ3) is 6.24. The Labute approximate surface area is 130 Å². The molecule has 6 nitrogen and oxygen atoms in total. The molecule has 0 saturated carbocycles. The minimum Gasteiger partial charge on any atom is -0.496 e. The van der Waals surface area contributed by atoms with Crippen molar-refractivity contribution in [3.05, 3.63) is 29.8 Å². The average Bonchev–Trinajstić information content (AvgIpc) is 2.53. The summed E-state index contributed by atoms with van der Waals surface area (Å²) >= 11 is 0. The molecule has 1 rings (SSSR count). The number of carbonyl (C=O) groups is 2. The molecule has 22 heavy (non-hydrogen) atoms. The highest BCUT2D eigenvalue weighted by molar-refractivity contribution is 5.80. The van der Waals surface area contributed by atoms with Crippen molar-refractivity contribution in [2.24, 2.45) is 0 Å². The second kappa shape index (κ2) is 9.92. The highest BCUT2D eigenvalue weighted by Gasteiger charge is 2.17. The van der Waals surface area contributed by atoms with Crippen LogP contribution in [0.3, 0.4) is 0 Å². The van der Waals surface area contributed by atoms with Gasteiger partial charge in [-0.1, -0.05) is 18.2 Å². The summed E-state index contributed by atoms with van der Waals surface area (Å²) < 4.78 is 9.75. The SMILES string of the molecule is COC(=O)CCCC(OOCc1ccccc1OC)C(C)=O. The molecule has 1 atom stereocenters. The molecular formula is C16H22O6. The van der Waals surface area contributed by atoms with Crippen molar-refractivity contribution in [2.75, 3.05) is 14.2 Å². The molecule has 1 aromatic rings. The lowest BCUT2D eigenvalue weighted by molar-refractivity contribution is -0.325. The Morgan fingerprint density at radius 3 is 2.55 bits per heavy atom. The van der Waals surface area contributed by atoms with Crippen LogP contribution in [-0.4, -0.2) is 32.1 Å². The normalized spacial score (nSPS) is 11.8. The molecule has 0 aliphatic rings. The van der Waals surface area contributed by atoms with Crippen molar-refractivity contribution in [3.63, 3.8) is 0 Å². The van der Waals surface area contributed by atoms with Crippen molar-refractivity contribution < 1.29 is 28.8 Å². The molecule has 1 aromatic carbocycles. The number of ether oxygens (including phenoxy) is 2. The third-order valence-electron chi connectivity index (χ3n) is 3.12. The number of methoxy groups -OCH3 is 2. The molecule has 0 aliphatic carbocycles. The van der Waals surface area contributed by atoms with Crippen LogP contribution >= 0.6 is 0 Å². The predicted octanol–water partition coefficient (Wildman–Crippen LogP) is 2.44. The van der Waals surface area contributed by atoms with Crippen molar-refractivity contribution >= 4 is 11.8 Å². The molecule has 122 valence electrons. The van der Waals surface area contributed by atoms with Crippen LogP contribution in [0.4, 0.5) is 0 Å². The summed E-state index contributed by atoms with van der Waals surface area (Å²) in [5.41, 5.74) is 0.821. The zero-order valence-electron chi connectivity index (χ0n) is 13.2. The second-order valence-corrected chi connectivity index (χ2v) is 4.74. The molecule has 0 radical (unpaired) electrons. The van der Waals surface area contributed by atoms with E-state index in [2.05, 4.69) is 4.74 Å². The number of para-hydroxylation sites is 1. The van der Waals surface area contributed by atoms with Gasteiger partial charge >= 0.3 is 5.97 Å². The predicted molar refractivity (Wildman–Crippen MR) is 79.2 cm³/mol. The molecule has 1 unspecified atom stereocenters. The van der Waals surface area contributed by atoms with E-state index in [1.807, 2.05) is 24.3 Å². The van der Waals surface area contributed by atoms with Crippen LogP contribution in [0.25, 0.3) is 0 Å². The van der Waals surface area contributed by atoms with E-state index in [1.54, 1.807) is 7.11 Å². The van der Waals surface area contributed by atoms with Crippen LogP contribution in [0.2, 0.25) is 0 Å². The zero-order chi connectivity index (χ0) is 16.4. The number of benzene rings is 1. The smallest absolute Gasteiger partial charge is 0.305 e. The van der Waals surface area contributed by atoms with E-state index >= 15 is 0 Å². The zero-order valence-corrected chi connectivity index (χ0v) is 13.2. The molecule has 0 saturated heterocycles. The van der Waals surface area contributed by atoms with Crippen molar-refractivity contribution in [2.45, 2.75) is 38.9 Å². The molecule has 6 heteroatoms. The summed E-state index contributed by atoms with van der Waals surface area (Å²) in [6.45, 7) is 1.60. The summed E-state index contributed by atoms with van der Waals surface area (Å²) in [5.74, 6) is 0.235. The van der Waals surface area contributed by atoms with E-state index in [-0.39, 0.29) is 24.8 Å². The topological polar surface area (TPSA) is 71.1 Å². The van der Waals surface area contributed by atoms with Crippen LogP contribution in [0.15, 0.2) is 24.3 Å². The molecular weight excluding hydrogens is 288 g/mol. The van der Waals surface area contributed by atoms with Gasteiger partial charge in [-0.3, -0.25) is 9.59 Å². The summed E-state index contributed by atoms with van der Waals surface area (Å²) in [7, 11) is 2.91. The number of Topliss-reactive ketones (excluding diaryl/α,β-unsaturated/α-hetero) is 1. The fraction of sp³-hybridized carbons (Fsp3) is 0.500. The van der Waals surface area contributed by atoms with Gasteiger partial charge in [0, 0.05) is 12.0 Å². The summed E-state index contributed by atoms with van der Waals surface area (Å²) in [6, 6.07) is 7.38. The van der Waals surface area contributed by atoms with Gasteiger partial charge in [-0.2, -0.15) is 0 Å². The van der Waals surface area contributed by atoms with Gasteiger partial charge in [0.15, 0.2) is 11.9 Å². The van der Waals surface area contributed by atoms with Gasteiger partial charge in [0.05, 0.1) is 14.2 Å². The molecule has 0 heterocycles. The lowest BCUT2D eigenvalue weighted by atomic mass is 10.1. The number of carbonyl (C=O) groups excluding carboxylic acids is 2. The van der Waals surface area contributed by atoms with Gasteiger partial charge in [0.2, 0.25) is 0 Å². The van der Waals surface area contributed by atoms with E-state index in [4.69, 9.17) is 14.5 Å². The fourth-order valence-electron chi connectivity index (χ4n) is 1.85. The Morgan fingerprint density at radius 2 is 1.91 bits per heavy atom. The first-order valence-electron chi connectivity index (χ1n) is 7.06.